The Morgan fingerprint density at radius 2 is 2.16 bits per heavy atom. The molecule has 1 aliphatic heterocycles. The molecule has 0 amide bonds. The molecule has 19 heavy (non-hydrogen) atoms. The van der Waals surface area contributed by atoms with Crippen LogP contribution in [0.5, 0.6) is 0 Å². The second-order valence-electron chi connectivity index (χ2n) is 6.22. The lowest BCUT2D eigenvalue weighted by Gasteiger charge is -2.33. The fraction of sp³-hybridized carbons (Fsp3) is 0.667. The van der Waals surface area contributed by atoms with E-state index in [-0.39, 0.29) is 12.0 Å². The van der Waals surface area contributed by atoms with Crippen molar-refractivity contribution < 1.29 is 5.11 Å². The van der Waals surface area contributed by atoms with Gasteiger partial charge in [0.25, 0.3) is 0 Å². The van der Waals surface area contributed by atoms with Gasteiger partial charge >= 0.3 is 0 Å². The Hall–Kier alpha value is -0.970. The van der Waals surface area contributed by atoms with Crippen molar-refractivity contribution in [3.05, 3.63) is 30.1 Å². The molecule has 0 radical (unpaired) electrons. The Morgan fingerprint density at radius 1 is 1.42 bits per heavy atom. The van der Waals surface area contributed by atoms with Crippen molar-refractivity contribution >= 4 is 0 Å². The molecule has 2 N–H and O–H groups in total. The summed E-state index contributed by atoms with van der Waals surface area (Å²) in [5, 5.41) is 12.8. The van der Waals surface area contributed by atoms with Crippen LogP contribution in [0.3, 0.4) is 0 Å². The highest BCUT2D eigenvalue weighted by Gasteiger charge is 2.29. The average molecular weight is 263 g/mol. The topological polar surface area (TPSA) is 48.4 Å². The molecule has 1 aromatic heterocycles. The van der Waals surface area contributed by atoms with Crippen LogP contribution in [0.15, 0.2) is 24.5 Å². The lowest BCUT2D eigenvalue weighted by Crippen LogP contribution is -2.41. The summed E-state index contributed by atoms with van der Waals surface area (Å²) in [4.78, 5) is 6.56. The van der Waals surface area contributed by atoms with Crippen LogP contribution in [0.4, 0.5) is 0 Å². The minimum atomic E-state index is 0.250. The monoisotopic (exact) mass is 263 g/mol. The second kappa shape index (κ2) is 6.46. The van der Waals surface area contributed by atoms with E-state index in [0.717, 1.165) is 32.6 Å². The van der Waals surface area contributed by atoms with E-state index in [0.29, 0.717) is 6.04 Å². The predicted octanol–water partition coefficient (Wildman–Crippen LogP) is 1.26. The summed E-state index contributed by atoms with van der Waals surface area (Å²) in [5.41, 5.74) is 1.55. The van der Waals surface area contributed by atoms with Crippen molar-refractivity contribution in [3.63, 3.8) is 0 Å². The van der Waals surface area contributed by atoms with Crippen molar-refractivity contribution in [1.29, 1.82) is 0 Å². The second-order valence-corrected chi connectivity index (χ2v) is 6.22. The van der Waals surface area contributed by atoms with Gasteiger partial charge in [-0.2, -0.15) is 0 Å². The molecule has 0 spiro atoms. The Morgan fingerprint density at radius 3 is 2.84 bits per heavy atom. The smallest absolute Gasteiger partial charge is 0.0446 e. The van der Waals surface area contributed by atoms with Crippen molar-refractivity contribution in [2.45, 2.75) is 32.9 Å². The van der Waals surface area contributed by atoms with Crippen molar-refractivity contribution in [2.24, 2.45) is 5.41 Å². The molecular weight excluding hydrogens is 238 g/mol. The predicted molar refractivity (Wildman–Crippen MR) is 76.8 cm³/mol. The number of hydrogen-bond acceptors (Lipinski definition) is 4. The van der Waals surface area contributed by atoms with E-state index in [9.17, 15) is 5.11 Å². The Labute approximate surface area is 115 Å². The molecule has 0 aromatic carbocycles. The first-order chi connectivity index (χ1) is 9.11. The molecule has 1 saturated heterocycles. The molecule has 1 aliphatic rings. The highest BCUT2D eigenvalue weighted by molar-refractivity contribution is 5.10. The van der Waals surface area contributed by atoms with E-state index in [2.05, 4.69) is 41.2 Å². The number of aliphatic hydroxyl groups excluding tert-OH is 1. The summed E-state index contributed by atoms with van der Waals surface area (Å²) in [5.74, 6) is 0. The first kappa shape index (κ1) is 14.4. The summed E-state index contributed by atoms with van der Waals surface area (Å²) >= 11 is 0. The summed E-state index contributed by atoms with van der Waals surface area (Å²) in [6.07, 6.45) is 4.52. The van der Waals surface area contributed by atoms with E-state index >= 15 is 0 Å². The largest absolute Gasteiger partial charge is 0.396 e. The van der Waals surface area contributed by atoms with Crippen LogP contribution in [0.2, 0.25) is 0 Å². The third-order valence-electron chi connectivity index (χ3n) is 3.73. The van der Waals surface area contributed by atoms with Gasteiger partial charge in [0.2, 0.25) is 0 Å². The zero-order valence-corrected chi connectivity index (χ0v) is 12.0. The first-order valence-electron chi connectivity index (χ1n) is 7.05. The van der Waals surface area contributed by atoms with Gasteiger partial charge in [-0.25, -0.2) is 0 Å². The fourth-order valence-electron chi connectivity index (χ4n) is 2.78. The van der Waals surface area contributed by atoms with E-state index in [1.165, 1.54) is 5.56 Å². The fourth-order valence-corrected chi connectivity index (χ4v) is 2.78. The van der Waals surface area contributed by atoms with E-state index in [4.69, 9.17) is 0 Å². The number of aromatic nitrogens is 1. The highest BCUT2D eigenvalue weighted by atomic mass is 16.3. The number of nitrogens with one attached hydrogen (secondary N) is 1. The SMILES string of the molecule is CC1(C)CNCC(CCO)N(Cc2ccncc2)C1. The molecule has 1 unspecified atom stereocenters. The van der Waals surface area contributed by atoms with Gasteiger partial charge in [-0.3, -0.25) is 9.88 Å². The molecule has 4 heteroatoms. The first-order valence-corrected chi connectivity index (χ1v) is 7.05. The van der Waals surface area contributed by atoms with Crippen LogP contribution in [-0.4, -0.2) is 47.3 Å². The van der Waals surface area contributed by atoms with Gasteiger partial charge in [0.1, 0.15) is 0 Å². The third-order valence-corrected chi connectivity index (χ3v) is 3.73. The number of pyridine rings is 1. The standard InChI is InChI=1S/C15H25N3O/c1-15(2)11-17-9-14(5-8-19)18(12-15)10-13-3-6-16-7-4-13/h3-4,6-7,14,17,19H,5,8-12H2,1-2H3. The minimum absolute atomic E-state index is 0.250. The molecule has 2 rings (SSSR count). The molecular formula is C15H25N3O. The summed E-state index contributed by atoms with van der Waals surface area (Å²) in [6.45, 7) is 8.80. The van der Waals surface area contributed by atoms with Gasteiger partial charge in [-0.15, -0.1) is 0 Å². The van der Waals surface area contributed by atoms with Crippen molar-refractivity contribution in [2.75, 3.05) is 26.2 Å². The van der Waals surface area contributed by atoms with Gasteiger partial charge in [-0.05, 0) is 29.5 Å². The molecule has 2 heterocycles. The molecule has 1 atom stereocenters. The van der Waals surface area contributed by atoms with Crippen molar-refractivity contribution in [3.8, 4) is 0 Å². The van der Waals surface area contributed by atoms with E-state index in [1.54, 1.807) is 0 Å². The van der Waals surface area contributed by atoms with Crippen molar-refractivity contribution in [1.82, 2.24) is 15.2 Å². The van der Waals surface area contributed by atoms with Gasteiger partial charge in [0.05, 0.1) is 0 Å². The molecule has 0 bridgehead atoms. The van der Waals surface area contributed by atoms with Crippen LogP contribution in [0.25, 0.3) is 0 Å². The summed E-state index contributed by atoms with van der Waals surface area (Å²) in [6, 6.07) is 4.54. The molecule has 0 aliphatic carbocycles. The van der Waals surface area contributed by atoms with Gasteiger partial charge in [0, 0.05) is 51.2 Å². The molecule has 1 fully saturated rings. The normalized spacial score (nSPS) is 24.1. The maximum absolute atomic E-state index is 9.26. The third kappa shape index (κ3) is 4.27. The van der Waals surface area contributed by atoms with E-state index in [1.807, 2.05) is 12.4 Å². The maximum Gasteiger partial charge on any atom is 0.0446 e. The number of hydrogen-bond donors (Lipinski definition) is 2. The molecule has 4 nitrogen and oxygen atoms in total. The Kier molecular flexibility index (Phi) is 4.91. The van der Waals surface area contributed by atoms with E-state index < -0.39 is 0 Å². The van der Waals surface area contributed by atoms with Crippen LogP contribution in [0.1, 0.15) is 25.8 Å². The lowest BCUT2D eigenvalue weighted by molar-refractivity contribution is 0.126. The molecule has 0 saturated carbocycles. The molecule has 1 aromatic rings. The maximum atomic E-state index is 9.26. The van der Waals surface area contributed by atoms with Gasteiger partial charge in [-0.1, -0.05) is 13.8 Å². The van der Waals surface area contributed by atoms with Gasteiger partial charge < -0.3 is 10.4 Å². The minimum Gasteiger partial charge on any atom is -0.396 e. The lowest BCUT2D eigenvalue weighted by atomic mass is 9.93. The zero-order chi connectivity index (χ0) is 13.7. The quantitative estimate of drug-likeness (QED) is 0.859. The van der Waals surface area contributed by atoms with Crippen LogP contribution >= 0.6 is 0 Å². The Balaban J connectivity index is 2.10. The van der Waals surface area contributed by atoms with Crippen LogP contribution < -0.4 is 5.32 Å². The van der Waals surface area contributed by atoms with Gasteiger partial charge in [0.15, 0.2) is 0 Å². The molecule has 106 valence electrons. The van der Waals surface area contributed by atoms with Crippen LogP contribution in [0, 0.1) is 5.41 Å². The Bertz CT molecular complexity index is 380. The number of aliphatic hydroxyl groups is 1. The average Bonchev–Trinajstić information content (AvgIpc) is 2.50. The van der Waals surface area contributed by atoms with Crippen LogP contribution in [-0.2, 0) is 6.54 Å². The summed E-state index contributed by atoms with van der Waals surface area (Å²) in [7, 11) is 0. The number of rotatable bonds is 4. The highest BCUT2D eigenvalue weighted by Crippen LogP contribution is 2.23. The number of nitrogens with zero attached hydrogens (tertiary/aromatic N) is 2. The summed E-state index contributed by atoms with van der Waals surface area (Å²) < 4.78 is 0. The zero-order valence-electron chi connectivity index (χ0n) is 12.0.